The summed E-state index contributed by atoms with van der Waals surface area (Å²) in [6, 6.07) is 0. The van der Waals surface area contributed by atoms with Crippen molar-refractivity contribution in [2.45, 2.75) is 79.2 Å². The molecule has 152 valence electrons. The maximum Gasteiger partial charge on any atom is 0.415 e. The number of rotatable bonds is 1. The van der Waals surface area contributed by atoms with Crippen molar-refractivity contribution in [2.24, 2.45) is 0 Å². The van der Waals surface area contributed by atoms with Crippen LogP contribution in [0.5, 0.6) is 0 Å². The third kappa shape index (κ3) is 5.37. The van der Waals surface area contributed by atoms with E-state index in [1.165, 1.54) is 4.90 Å². The van der Waals surface area contributed by atoms with E-state index in [0.717, 1.165) is 17.7 Å². The van der Waals surface area contributed by atoms with Gasteiger partial charge in [-0.05, 0) is 54.9 Å². The fourth-order valence-electron chi connectivity index (χ4n) is 2.85. The van der Waals surface area contributed by atoms with Crippen LogP contribution in [0.15, 0.2) is 0 Å². The standard InChI is InChI=1S/C19H32N4O4/c1-13-14-12-22(17(25)27-19(5,6)7)10-9-11-23(14)20-15(13)21(8)16(24)26-18(2,3)4/h9-12H2,1-8H3. The van der Waals surface area contributed by atoms with Crippen molar-refractivity contribution in [3.05, 3.63) is 11.3 Å². The van der Waals surface area contributed by atoms with Crippen LogP contribution in [0.25, 0.3) is 0 Å². The molecule has 0 radical (unpaired) electrons. The lowest BCUT2D eigenvalue weighted by molar-refractivity contribution is 0.0236. The number of ether oxygens (including phenoxy) is 2. The lowest BCUT2D eigenvalue weighted by Crippen LogP contribution is -2.36. The van der Waals surface area contributed by atoms with Crippen molar-refractivity contribution in [3.63, 3.8) is 0 Å². The molecule has 0 unspecified atom stereocenters. The SMILES string of the molecule is Cc1c(N(C)C(=O)OC(C)(C)C)nn2c1CN(C(=O)OC(C)(C)C)CCC2. The quantitative estimate of drug-likeness (QED) is 0.742. The molecule has 1 aromatic heterocycles. The summed E-state index contributed by atoms with van der Waals surface area (Å²) in [5, 5.41) is 4.59. The van der Waals surface area contributed by atoms with Gasteiger partial charge in [-0.2, -0.15) is 5.10 Å². The summed E-state index contributed by atoms with van der Waals surface area (Å²) in [7, 11) is 1.65. The normalized spacial score (nSPS) is 15.0. The molecule has 1 aromatic rings. The Bertz CT molecular complexity index is 713. The Hall–Kier alpha value is -2.25. The first-order valence-electron chi connectivity index (χ1n) is 9.29. The molecular formula is C19H32N4O4. The molecule has 1 aliphatic rings. The predicted molar refractivity (Wildman–Crippen MR) is 103 cm³/mol. The largest absolute Gasteiger partial charge is 0.444 e. The Morgan fingerprint density at radius 2 is 1.63 bits per heavy atom. The summed E-state index contributed by atoms with van der Waals surface area (Å²) in [6.07, 6.45) is -0.0235. The van der Waals surface area contributed by atoms with E-state index in [4.69, 9.17) is 9.47 Å². The highest BCUT2D eigenvalue weighted by molar-refractivity contribution is 5.87. The second kappa shape index (κ2) is 7.40. The van der Waals surface area contributed by atoms with Crippen molar-refractivity contribution in [1.82, 2.24) is 14.7 Å². The van der Waals surface area contributed by atoms with Crippen LogP contribution in [0.3, 0.4) is 0 Å². The first kappa shape index (κ1) is 21.1. The van der Waals surface area contributed by atoms with Gasteiger partial charge < -0.3 is 14.4 Å². The molecule has 2 rings (SSSR count). The van der Waals surface area contributed by atoms with E-state index >= 15 is 0 Å². The smallest absolute Gasteiger partial charge is 0.415 e. The molecule has 0 spiro atoms. The zero-order chi connectivity index (χ0) is 20.6. The van der Waals surface area contributed by atoms with Gasteiger partial charge in [0.1, 0.15) is 11.2 Å². The highest BCUT2D eigenvalue weighted by Crippen LogP contribution is 2.27. The molecule has 0 saturated carbocycles. The van der Waals surface area contributed by atoms with Crippen LogP contribution in [0, 0.1) is 6.92 Å². The lowest BCUT2D eigenvalue weighted by Gasteiger charge is -2.26. The van der Waals surface area contributed by atoms with E-state index in [9.17, 15) is 9.59 Å². The average molecular weight is 380 g/mol. The zero-order valence-corrected chi connectivity index (χ0v) is 17.8. The minimum absolute atomic E-state index is 0.335. The maximum atomic E-state index is 12.5. The molecule has 8 nitrogen and oxygen atoms in total. The highest BCUT2D eigenvalue weighted by atomic mass is 16.6. The summed E-state index contributed by atoms with van der Waals surface area (Å²) >= 11 is 0. The van der Waals surface area contributed by atoms with Crippen molar-refractivity contribution >= 4 is 18.0 Å². The third-order valence-electron chi connectivity index (χ3n) is 4.07. The predicted octanol–water partition coefficient (Wildman–Crippen LogP) is 3.70. The lowest BCUT2D eigenvalue weighted by atomic mass is 10.2. The molecule has 27 heavy (non-hydrogen) atoms. The van der Waals surface area contributed by atoms with Crippen LogP contribution >= 0.6 is 0 Å². The summed E-state index contributed by atoms with van der Waals surface area (Å²) < 4.78 is 12.8. The topological polar surface area (TPSA) is 76.9 Å². The maximum absolute atomic E-state index is 12.5. The molecule has 0 aromatic carbocycles. The average Bonchev–Trinajstić information content (AvgIpc) is 2.67. The van der Waals surface area contributed by atoms with Gasteiger partial charge in [0.15, 0.2) is 5.82 Å². The summed E-state index contributed by atoms with van der Waals surface area (Å²) in [5.41, 5.74) is 0.646. The fraction of sp³-hybridized carbons (Fsp3) is 0.737. The van der Waals surface area contributed by atoms with E-state index in [1.54, 1.807) is 11.9 Å². The van der Waals surface area contributed by atoms with E-state index in [-0.39, 0.29) is 6.09 Å². The zero-order valence-electron chi connectivity index (χ0n) is 17.8. The molecule has 2 heterocycles. The second-order valence-corrected chi connectivity index (χ2v) is 8.91. The van der Waals surface area contributed by atoms with Gasteiger partial charge in [0.05, 0.1) is 12.2 Å². The monoisotopic (exact) mass is 380 g/mol. The summed E-state index contributed by atoms with van der Waals surface area (Å²) in [6.45, 7) is 14.6. The van der Waals surface area contributed by atoms with Crippen LogP contribution < -0.4 is 4.90 Å². The van der Waals surface area contributed by atoms with Crippen LogP contribution in [-0.4, -0.2) is 51.7 Å². The van der Waals surface area contributed by atoms with Crippen molar-refractivity contribution in [2.75, 3.05) is 18.5 Å². The molecule has 0 bridgehead atoms. The number of hydrogen-bond donors (Lipinski definition) is 0. The number of aromatic nitrogens is 2. The van der Waals surface area contributed by atoms with E-state index in [0.29, 0.717) is 25.5 Å². The van der Waals surface area contributed by atoms with E-state index in [1.807, 2.05) is 53.1 Å². The first-order valence-corrected chi connectivity index (χ1v) is 9.29. The highest BCUT2D eigenvalue weighted by Gasteiger charge is 2.30. The van der Waals surface area contributed by atoms with Crippen LogP contribution in [-0.2, 0) is 22.6 Å². The number of carbonyl (C=O) groups is 2. The molecule has 8 heteroatoms. The number of nitrogens with zero attached hydrogens (tertiary/aromatic N) is 4. The van der Waals surface area contributed by atoms with Gasteiger partial charge in [0.25, 0.3) is 0 Å². The minimum Gasteiger partial charge on any atom is -0.444 e. The molecule has 0 aliphatic carbocycles. The van der Waals surface area contributed by atoms with E-state index in [2.05, 4.69) is 5.10 Å². The first-order chi connectivity index (χ1) is 12.3. The van der Waals surface area contributed by atoms with E-state index < -0.39 is 17.3 Å². The number of carbonyl (C=O) groups excluding carboxylic acids is 2. The molecule has 0 atom stereocenters. The summed E-state index contributed by atoms with van der Waals surface area (Å²) in [5.74, 6) is 0.547. The Balaban J connectivity index is 2.23. The van der Waals surface area contributed by atoms with Gasteiger partial charge in [-0.25, -0.2) is 9.59 Å². The molecule has 0 N–H and O–H groups in total. The number of amides is 2. The Labute approximate surface area is 161 Å². The van der Waals surface area contributed by atoms with Crippen LogP contribution in [0.2, 0.25) is 0 Å². The molecule has 0 saturated heterocycles. The van der Waals surface area contributed by atoms with Gasteiger partial charge in [0.2, 0.25) is 0 Å². The van der Waals surface area contributed by atoms with Gasteiger partial charge >= 0.3 is 12.2 Å². The van der Waals surface area contributed by atoms with Gasteiger partial charge in [-0.3, -0.25) is 9.58 Å². The van der Waals surface area contributed by atoms with Gasteiger partial charge in [0, 0.05) is 25.7 Å². The molecule has 0 fully saturated rings. The number of fused-ring (bicyclic) bond motifs is 1. The number of hydrogen-bond acceptors (Lipinski definition) is 5. The van der Waals surface area contributed by atoms with Crippen LogP contribution in [0.4, 0.5) is 15.4 Å². The van der Waals surface area contributed by atoms with Gasteiger partial charge in [-0.1, -0.05) is 0 Å². The van der Waals surface area contributed by atoms with Crippen molar-refractivity contribution in [3.8, 4) is 0 Å². The van der Waals surface area contributed by atoms with Crippen molar-refractivity contribution in [1.29, 1.82) is 0 Å². The Morgan fingerprint density at radius 1 is 1.04 bits per heavy atom. The second-order valence-electron chi connectivity index (χ2n) is 8.91. The minimum atomic E-state index is -0.580. The van der Waals surface area contributed by atoms with Gasteiger partial charge in [-0.15, -0.1) is 0 Å². The fourth-order valence-corrected chi connectivity index (χ4v) is 2.85. The Morgan fingerprint density at radius 3 is 2.19 bits per heavy atom. The number of anilines is 1. The third-order valence-corrected chi connectivity index (χ3v) is 4.07. The molecule has 1 aliphatic heterocycles. The number of aryl methyl sites for hydroxylation is 1. The molecular weight excluding hydrogens is 348 g/mol. The molecule has 2 amide bonds. The summed E-state index contributed by atoms with van der Waals surface area (Å²) in [4.78, 5) is 28.0. The van der Waals surface area contributed by atoms with Crippen LogP contribution in [0.1, 0.15) is 59.2 Å². The Kier molecular flexibility index (Phi) is 5.77. The van der Waals surface area contributed by atoms with Crippen molar-refractivity contribution < 1.29 is 19.1 Å².